The van der Waals surface area contributed by atoms with Crippen molar-refractivity contribution in [1.29, 1.82) is 0 Å². The number of rotatable bonds is 9. The predicted molar refractivity (Wildman–Crippen MR) is 94.5 cm³/mol. The van der Waals surface area contributed by atoms with Crippen LogP contribution in [0, 0.1) is 0 Å². The molecule has 2 rings (SSSR count). The van der Waals surface area contributed by atoms with Crippen LogP contribution < -0.4 is 10.6 Å². The Hall–Kier alpha value is -2.18. The zero-order valence-corrected chi connectivity index (χ0v) is 14.3. The minimum Gasteiger partial charge on any atom is -0.385 e. The highest BCUT2D eigenvalue weighted by Crippen LogP contribution is 2.10. The first-order valence-electron chi connectivity index (χ1n) is 7.76. The molecule has 0 bridgehead atoms. The van der Waals surface area contributed by atoms with E-state index in [-0.39, 0.29) is 5.91 Å². The Morgan fingerprint density at radius 2 is 2.04 bits per heavy atom. The van der Waals surface area contributed by atoms with Gasteiger partial charge in [-0.1, -0.05) is 23.7 Å². The molecule has 2 aromatic rings. The highest BCUT2D eigenvalue weighted by Gasteiger charge is 2.06. The van der Waals surface area contributed by atoms with Crippen molar-refractivity contribution in [2.75, 3.05) is 32.1 Å². The normalized spacial score (nSPS) is 10.4. The third kappa shape index (κ3) is 6.14. The Balaban J connectivity index is 1.75. The van der Waals surface area contributed by atoms with E-state index in [2.05, 4.69) is 20.6 Å². The van der Waals surface area contributed by atoms with Crippen molar-refractivity contribution in [2.45, 2.75) is 12.8 Å². The SMILES string of the molecule is COCCCNc1ncc(C(=O)NCCc2cccc(Cl)c2)cn1. The van der Waals surface area contributed by atoms with Crippen LogP contribution in [-0.4, -0.2) is 42.7 Å². The lowest BCUT2D eigenvalue weighted by molar-refractivity contribution is 0.0953. The Labute approximate surface area is 146 Å². The maximum absolute atomic E-state index is 12.1. The average molecular weight is 349 g/mol. The summed E-state index contributed by atoms with van der Waals surface area (Å²) in [5.41, 5.74) is 1.51. The summed E-state index contributed by atoms with van der Waals surface area (Å²) in [6, 6.07) is 7.59. The van der Waals surface area contributed by atoms with Crippen LogP contribution in [0.15, 0.2) is 36.7 Å². The fraction of sp³-hybridized carbons (Fsp3) is 0.353. The molecule has 128 valence electrons. The van der Waals surface area contributed by atoms with Crippen LogP contribution in [0.25, 0.3) is 0 Å². The lowest BCUT2D eigenvalue weighted by Gasteiger charge is -2.07. The second kappa shape index (κ2) is 9.85. The van der Waals surface area contributed by atoms with E-state index < -0.39 is 0 Å². The zero-order valence-electron chi connectivity index (χ0n) is 13.6. The van der Waals surface area contributed by atoms with E-state index in [1.54, 1.807) is 7.11 Å². The van der Waals surface area contributed by atoms with Crippen molar-refractivity contribution >= 4 is 23.5 Å². The van der Waals surface area contributed by atoms with Crippen LogP contribution in [0.3, 0.4) is 0 Å². The van der Waals surface area contributed by atoms with Gasteiger partial charge in [-0.25, -0.2) is 9.97 Å². The molecule has 0 fully saturated rings. The highest BCUT2D eigenvalue weighted by atomic mass is 35.5. The van der Waals surface area contributed by atoms with Crippen LogP contribution >= 0.6 is 11.6 Å². The number of nitrogens with one attached hydrogen (secondary N) is 2. The third-order valence-electron chi connectivity index (χ3n) is 3.31. The van der Waals surface area contributed by atoms with E-state index in [9.17, 15) is 4.79 Å². The van der Waals surface area contributed by atoms with Gasteiger partial charge in [0.05, 0.1) is 5.56 Å². The van der Waals surface area contributed by atoms with E-state index in [0.717, 1.165) is 18.5 Å². The molecule has 7 heteroatoms. The van der Waals surface area contributed by atoms with Gasteiger partial charge in [-0.05, 0) is 30.5 Å². The average Bonchev–Trinajstić information content (AvgIpc) is 2.59. The van der Waals surface area contributed by atoms with Crippen molar-refractivity contribution in [3.63, 3.8) is 0 Å². The number of carbonyl (C=O) groups is 1. The van der Waals surface area contributed by atoms with Crippen LogP contribution in [0.1, 0.15) is 22.3 Å². The number of carbonyl (C=O) groups excluding carboxylic acids is 1. The molecule has 0 aliphatic carbocycles. The van der Waals surface area contributed by atoms with E-state index in [1.165, 1.54) is 12.4 Å². The monoisotopic (exact) mass is 348 g/mol. The first-order chi connectivity index (χ1) is 11.7. The van der Waals surface area contributed by atoms with E-state index in [0.29, 0.717) is 36.1 Å². The Bertz CT molecular complexity index is 649. The Morgan fingerprint density at radius 3 is 2.75 bits per heavy atom. The highest BCUT2D eigenvalue weighted by molar-refractivity contribution is 6.30. The van der Waals surface area contributed by atoms with Gasteiger partial charge in [0.1, 0.15) is 0 Å². The minimum absolute atomic E-state index is 0.192. The third-order valence-corrected chi connectivity index (χ3v) is 3.55. The molecule has 24 heavy (non-hydrogen) atoms. The molecule has 1 amide bonds. The summed E-state index contributed by atoms with van der Waals surface area (Å²) in [4.78, 5) is 20.3. The number of anilines is 1. The summed E-state index contributed by atoms with van der Waals surface area (Å²) < 4.78 is 4.97. The molecule has 0 aliphatic heterocycles. The van der Waals surface area contributed by atoms with Gasteiger partial charge >= 0.3 is 0 Å². The van der Waals surface area contributed by atoms with Gasteiger partial charge in [0.25, 0.3) is 5.91 Å². The Morgan fingerprint density at radius 1 is 1.25 bits per heavy atom. The fourth-order valence-corrected chi connectivity index (χ4v) is 2.28. The molecule has 0 spiro atoms. The molecule has 2 N–H and O–H groups in total. The molecule has 1 heterocycles. The maximum atomic E-state index is 12.1. The summed E-state index contributed by atoms with van der Waals surface area (Å²) in [6.07, 6.45) is 4.61. The number of hydrogen-bond donors (Lipinski definition) is 2. The standard InChI is InChI=1S/C17H21ClN4O2/c1-24-9-3-7-20-17-21-11-14(12-22-17)16(23)19-8-6-13-4-2-5-15(18)10-13/h2,4-5,10-12H,3,6-9H2,1H3,(H,19,23)(H,20,21,22). The molecular formula is C17H21ClN4O2. The fourth-order valence-electron chi connectivity index (χ4n) is 2.07. The predicted octanol–water partition coefficient (Wildman–Crippen LogP) is 2.55. The van der Waals surface area contributed by atoms with Crippen molar-refractivity contribution in [1.82, 2.24) is 15.3 Å². The molecule has 0 radical (unpaired) electrons. The van der Waals surface area contributed by atoms with Crippen molar-refractivity contribution in [2.24, 2.45) is 0 Å². The van der Waals surface area contributed by atoms with E-state index in [1.807, 2.05) is 24.3 Å². The lowest BCUT2D eigenvalue weighted by atomic mass is 10.1. The van der Waals surface area contributed by atoms with Crippen LogP contribution in [0.5, 0.6) is 0 Å². The number of benzene rings is 1. The number of ether oxygens (including phenoxy) is 1. The second-order valence-corrected chi connectivity index (χ2v) is 5.64. The van der Waals surface area contributed by atoms with Crippen LogP contribution in [0.4, 0.5) is 5.95 Å². The largest absolute Gasteiger partial charge is 0.385 e. The number of nitrogens with zero attached hydrogens (tertiary/aromatic N) is 2. The Kier molecular flexibility index (Phi) is 7.45. The number of aromatic nitrogens is 2. The van der Waals surface area contributed by atoms with E-state index in [4.69, 9.17) is 16.3 Å². The lowest BCUT2D eigenvalue weighted by Crippen LogP contribution is -2.26. The first kappa shape index (κ1) is 18.2. The molecule has 0 unspecified atom stereocenters. The van der Waals surface area contributed by atoms with Crippen molar-refractivity contribution in [3.05, 3.63) is 52.8 Å². The molecular weight excluding hydrogens is 328 g/mol. The topological polar surface area (TPSA) is 76.1 Å². The van der Waals surface area contributed by atoms with Gasteiger partial charge in [0, 0.05) is 44.2 Å². The van der Waals surface area contributed by atoms with Crippen LogP contribution in [-0.2, 0) is 11.2 Å². The first-order valence-corrected chi connectivity index (χ1v) is 8.14. The summed E-state index contributed by atoms with van der Waals surface area (Å²) in [7, 11) is 1.66. The molecule has 6 nitrogen and oxygen atoms in total. The van der Waals surface area contributed by atoms with Crippen molar-refractivity contribution in [3.8, 4) is 0 Å². The van der Waals surface area contributed by atoms with Gasteiger partial charge in [0.2, 0.25) is 5.95 Å². The molecule has 0 aliphatic rings. The molecule has 0 saturated carbocycles. The minimum atomic E-state index is -0.192. The molecule has 1 aromatic carbocycles. The zero-order chi connectivity index (χ0) is 17.2. The molecule has 0 atom stereocenters. The van der Waals surface area contributed by atoms with Gasteiger partial charge in [-0.3, -0.25) is 4.79 Å². The number of amides is 1. The molecule has 1 aromatic heterocycles. The molecule has 0 saturated heterocycles. The second-order valence-electron chi connectivity index (χ2n) is 5.20. The number of hydrogen-bond acceptors (Lipinski definition) is 5. The van der Waals surface area contributed by atoms with Crippen LogP contribution in [0.2, 0.25) is 5.02 Å². The summed E-state index contributed by atoms with van der Waals surface area (Å²) in [6.45, 7) is 1.93. The van der Waals surface area contributed by atoms with Crippen molar-refractivity contribution < 1.29 is 9.53 Å². The maximum Gasteiger partial charge on any atom is 0.254 e. The van der Waals surface area contributed by atoms with E-state index >= 15 is 0 Å². The quantitative estimate of drug-likeness (QED) is 0.681. The van der Waals surface area contributed by atoms with Gasteiger partial charge in [0.15, 0.2) is 0 Å². The summed E-state index contributed by atoms with van der Waals surface area (Å²) in [5, 5.41) is 6.61. The van der Waals surface area contributed by atoms with Gasteiger partial charge in [-0.2, -0.15) is 0 Å². The van der Waals surface area contributed by atoms with Gasteiger partial charge in [-0.15, -0.1) is 0 Å². The summed E-state index contributed by atoms with van der Waals surface area (Å²) in [5.74, 6) is 0.310. The smallest absolute Gasteiger partial charge is 0.254 e. The number of halogens is 1. The summed E-state index contributed by atoms with van der Waals surface area (Å²) >= 11 is 5.93. The number of methoxy groups -OCH3 is 1. The van der Waals surface area contributed by atoms with Gasteiger partial charge < -0.3 is 15.4 Å².